The van der Waals surface area contributed by atoms with Crippen molar-refractivity contribution in [2.75, 3.05) is 20.1 Å². The Bertz CT molecular complexity index is 2100. The molecule has 13 nitrogen and oxygen atoms in total. The van der Waals surface area contributed by atoms with Crippen molar-refractivity contribution >= 4 is 30.0 Å². The van der Waals surface area contributed by atoms with Crippen molar-refractivity contribution in [2.45, 2.75) is 19.8 Å². The summed E-state index contributed by atoms with van der Waals surface area (Å²) >= 11 is 5.51. The van der Waals surface area contributed by atoms with Crippen LogP contribution in [-0.4, -0.2) is 53.8 Å². The van der Waals surface area contributed by atoms with Gasteiger partial charge in [0.1, 0.15) is 32.0 Å². The van der Waals surface area contributed by atoms with Gasteiger partial charge in [-0.15, -0.1) is 11.6 Å². The molecule has 18 heteroatoms. The number of carbonyl (C=O) groups excluding carboxylic acids is 3. The van der Waals surface area contributed by atoms with Crippen LogP contribution in [0.4, 0.5) is 0 Å². The van der Waals surface area contributed by atoms with Gasteiger partial charge in [-0.05, 0) is 41.0 Å². The van der Waals surface area contributed by atoms with Crippen molar-refractivity contribution in [3.63, 3.8) is 0 Å². The average Bonchev–Trinajstić information content (AvgIpc) is 3.29. The van der Waals surface area contributed by atoms with E-state index in [4.69, 9.17) is 55.9 Å². The molecule has 0 heterocycles. The molecule has 3 N–H and O–H groups in total. The maximum Gasteiger partial charge on any atom is 1.00 e. The predicted molar refractivity (Wildman–Crippen MR) is 217 cm³/mol. The van der Waals surface area contributed by atoms with Crippen molar-refractivity contribution < 1.29 is 243 Å². The molecule has 0 unspecified atom stereocenters. The van der Waals surface area contributed by atoms with Gasteiger partial charge in [0.05, 0.1) is 49.0 Å². The number of esters is 2. The summed E-state index contributed by atoms with van der Waals surface area (Å²) in [4.78, 5) is 34.5. The van der Waals surface area contributed by atoms with Crippen LogP contribution in [0.15, 0.2) is 145 Å². The molecule has 0 fully saturated rings. The van der Waals surface area contributed by atoms with Crippen molar-refractivity contribution in [2.24, 2.45) is 0 Å². The van der Waals surface area contributed by atoms with E-state index in [1.807, 2.05) is 115 Å². The van der Waals surface area contributed by atoms with Gasteiger partial charge in [0.25, 0.3) is 6.47 Å². The summed E-state index contributed by atoms with van der Waals surface area (Å²) in [6.45, 7) is 0.762. The SMILES string of the molecule is COC(=O)c1cc(O)c(O)c(O)c1.COC(=O)c1cc(OCc2ccccc2)c(OCc2ccccc2)c(OCc2ccccc2)c1.ClCC1=CC=[C+]C=C1.O=CO[O-].[H-].[I-].[K+].[K+].[K+]. The number of allylic oxidation sites excluding steroid dienone is 6. The summed E-state index contributed by atoms with van der Waals surface area (Å²) in [5.74, 6) is -1.14. The van der Waals surface area contributed by atoms with Crippen LogP contribution in [0.2, 0.25) is 0 Å². The molecule has 6 rings (SSSR count). The standard InChI is InChI=1S/C29H26O5.C8H8O5.C7H6Cl.CH2O3.HI.3K.H/c1-31-29(30)25-17-26(32-19-22-11-5-2-6-12-22)28(34-21-24-15-9-4-10-16-24)27(18-25)33-20-23-13-7-3-8-14-23;1-13-8(12)4-2-5(9)7(11)6(10)3-4;8-6-7-4-2-1-3-5-7;2-1-4-3;;;;;/h2-18H,19-21H2,1H3;2-3,9-11H,1H3;2-5H,6H2;1,3H;1H;;;;/q;;+1;;;3*+1;-1/p-2. The van der Waals surface area contributed by atoms with E-state index in [0.29, 0.717) is 48.5 Å². The molecule has 63 heavy (non-hydrogen) atoms. The van der Waals surface area contributed by atoms with Crippen molar-refractivity contribution in [1.82, 2.24) is 0 Å². The number of ether oxygens (including phenoxy) is 5. The van der Waals surface area contributed by atoms with E-state index < -0.39 is 29.2 Å². The smallest absolute Gasteiger partial charge is 1.00 e. The van der Waals surface area contributed by atoms with E-state index >= 15 is 0 Å². The third kappa shape index (κ3) is 24.1. The minimum atomic E-state index is -0.703. The quantitative estimate of drug-likeness (QED) is 0.0118. The van der Waals surface area contributed by atoms with Gasteiger partial charge in [0.2, 0.25) is 5.75 Å². The summed E-state index contributed by atoms with van der Waals surface area (Å²) in [5, 5.41) is 35.4. The molecular formula is C45H42ClIK3O13+. The van der Waals surface area contributed by atoms with Crippen LogP contribution >= 0.6 is 11.6 Å². The summed E-state index contributed by atoms with van der Waals surface area (Å²) in [5.41, 5.74) is 4.42. The molecule has 0 saturated heterocycles. The minimum Gasteiger partial charge on any atom is -1.00 e. The Morgan fingerprint density at radius 2 is 1.06 bits per heavy atom. The third-order valence-corrected chi connectivity index (χ3v) is 7.92. The molecule has 1 aliphatic carbocycles. The van der Waals surface area contributed by atoms with Crippen LogP contribution in [0.25, 0.3) is 0 Å². The van der Waals surface area contributed by atoms with Crippen LogP contribution in [0.5, 0.6) is 34.5 Å². The number of hydrogen-bond donors (Lipinski definition) is 3. The van der Waals surface area contributed by atoms with Crippen LogP contribution in [0.3, 0.4) is 0 Å². The van der Waals surface area contributed by atoms with Crippen LogP contribution < -0.4 is 198 Å². The molecule has 0 aliphatic heterocycles. The first-order valence-electron chi connectivity index (χ1n) is 17.5. The predicted octanol–water partition coefficient (Wildman–Crippen LogP) is -4.56. The van der Waals surface area contributed by atoms with Gasteiger partial charge >= 0.3 is 166 Å². The first-order valence-corrected chi connectivity index (χ1v) is 18.0. The maximum atomic E-state index is 12.4. The van der Waals surface area contributed by atoms with Crippen molar-refractivity contribution in [3.05, 3.63) is 179 Å². The number of phenolic OH excluding ortho intramolecular Hbond substituents is 3. The first kappa shape index (κ1) is 63.4. The molecule has 0 amide bonds. The number of aromatic hydroxyl groups is 3. The fourth-order valence-corrected chi connectivity index (χ4v) is 4.90. The number of rotatable bonds is 13. The van der Waals surface area contributed by atoms with Gasteiger partial charge in [-0.25, -0.2) is 9.59 Å². The normalized spacial score (nSPS) is 9.87. The zero-order valence-electron chi connectivity index (χ0n) is 36.4. The summed E-state index contributed by atoms with van der Waals surface area (Å²) in [7, 11) is 2.51. The van der Waals surface area contributed by atoms with E-state index in [1.54, 1.807) is 12.1 Å². The van der Waals surface area contributed by atoms with Gasteiger partial charge in [0, 0.05) is 6.08 Å². The number of halogens is 2. The zero-order valence-corrected chi connectivity index (χ0v) is 47.6. The summed E-state index contributed by atoms with van der Waals surface area (Å²) in [6.07, 6.45) is 10.5. The number of phenols is 3. The second-order valence-electron chi connectivity index (χ2n) is 11.7. The summed E-state index contributed by atoms with van der Waals surface area (Å²) < 4.78 is 27.7. The fraction of sp³-hybridized carbons (Fsp3) is 0.133. The Morgan fingerprint density at radius 1 is 0.683 bits per heavy atom. The van der Waals surface area contributed by atoms with Crippen molar-refractivity contribution in [3.8, 4) is 34.5 Å². The fourth-order valence-electron chi connectivity index (χ4n) is 4.72. The molecule has 0 aromatic heterocycles. The minimum absolute atomic E-state index is 0. The second-order valence-corrected chi connectivity index (χ2v) is 12.0. The molecule has 5 aromatic carbocycles. The number of hydrogen-bond acceptors (Lipinski definition) is 13. The molecule has 0 saturated carbocycles. The molecule has 0 bridgehead atoms. The van der Waals surface area contributed by atoms with Gasteiger partial charge in [0.15, 0.2) is 28.7 Å². The Morgan fingerprint density at radius 3 is 1.38 bits per heavy atom. The van der Waals surface area contributed by atoms with Crippen LogP contribution in [0, 0.1) is 6.08 Å². The van der Waals surface area contributed by atoms with E-state index in [2.05, 4.69) is 15.7 Å². The molecule has 316 valence electrons. The van der Waals surface area contributed by atoms with Crippen LogP contribution in [-0.2, 0) is 39.0 Å². The van der Waals surface area contributed by atoms with E-state index in [1.165, 1.54) is 14.2 Å². The van der Waals surface area contributed by atoms with E-state index in [9.17, 15) is 9.59 Å². The Labute approximate surface area is 517 Å². The van der Waals surface area contributed by atoms with Gasteiger partial charge in [-0.2, -0.15) is 0 Å². The van der Waals surface area contributed by atoms with E-state index in [0.717, 1.165) is 34.4 Å². The van der Waals surface area contributed by atoms with Gasteiger partial charge in [-0.3, -0.25) is 4.79 Å². The van der Waals surface area contributed by atoms with Gasteiger partial charge in [-0.1, -0.05) is 91.0 Å². The molecule has 0 radical (unpaired) electrons. The molecule has 0 spiro atoms. The Hall–Kier alpha value is -1.67. The Kier molecular flexibility index (Phi) is 37.7. The average molecular weight is 1070 g/mol. The van der Waals surface area contributed by atoms with Crippen LogP contribution in [0.1, 0.15) is 38.8 Å². The number of alkyl halides is 1. The van der Waals surface area contributed by atoms with Gasteiger partial charge < -0.3 is 74.6 Å². The summed E-state index contributed by atoms with van der Waals surface area (Å²) in [6, 6.07) is 34.7. The monoisotopic (exact) mass is 1070 g/mol. The molecule has 1 aliphatic rings. The largest absolute Gasteiger partial charge is 1.00 e. The molecule has 5 aromatic rings. The first-order chi connectivity index (χ1) is 28.6. The zero-order chi connectivity index (χ0) is 42.8. The van der Waals surface area contributed by atoms with Crippen molar-refractivity contribution in [1.29, 1.82) is 0 Å². The second kappa shape index (κ2) is 37.4. The third-order valence-electron chi connectivity index (χ3n) is 7.61. The molecular weight excluding hydrogens is 1030 g/mol. The number of carbonyl (C=O) groups is 3. The number of benzene rings is 5. The Balaban J connectivity index is -0.00000103. The maximum absolute atomic E-state index is 12.4. The number of methoxy groups -OCH3 is 2. The topological polar surface area (TPSA) is 190 Å². The molecule has 0 atom stereocenters. The van der Waals surface area contributed by atoms with E-state index in [-0.39, 0.29) is 192 Å².